The van der Waals surface area contributed by atoms with Crippen molar-refractivity contribution in [1.29, 1.82) is 0 Å². The average molecular weight is 290 g/mol. The molecule has 1 saturated heterocycles. The summed E-state index contributed by atoms with van der Waals surface area (Å²) >= 11 is 0. The molecule has 1 atom stereocenters. The SMILES string of the molecule is Cc1nc(CN2CCC[C@H](NCc3nccn3C)C2)no1. The van der Waals surface area contributed by atoms with Crippen molar-refractivity contribution in [3.8, 4) is 0 Å². The van der Waals surface area contributed by atoms with Gasteiger partial charge in [-0.25, -0.2) is 4.98 Å². The lowest BCUT2D eigenvalue weighted by Gasteiger charge is -2.32. The van der Waals surface area contributed by atoms with Crippen LogP contribution in [0.2, 0.25) is 0 Å². The zero-order valence-electron chi connectivity index (χ0n) is 12.6. The van der Waals surface area contributed by atoms with E-state index in [-0.39, 0.29) is 0 Å². The van der Waals surface area contributed by atoms with Crippen molar-refractivity contribution in [3.63, 3.8) is 0 Å². The van der Waals surface area contributed by atoms with Gasteiger partial charge in [0.1, 0.15) is 5.82 Å². The van der Waals surface area contributed by atoms with Crippen molar-refractivity contribution in [2.45, 2.75) is 38.9 Å². The van der Waals surface area contributed by atoms with Gasteiger partial charge in [-0.3, -0.25) is 4.90 Å². The van der Waals surface area contributed by atoms with Crippen LogP contribution in [0.4, 0.5) is 0 Å². The van der Waals surface area contributed by atoms with Gasteiger partial charge in [0.25, 0.3) is 0 Å². The summed E-state index contributed by atoms with van der Waals surface area (Å²) in [6, 6.07) is 0.489. The van der Waals surface area contributed by atoms with Crippen molar-refractivity contribution >= 4 is 0 Å². The normalized spacial score (nSPS) is 20.0. The van der Waals surface area contributed by atoms with Gasteiger partial charge in [-0.15, -0.1) is 0 Å². The molecule has 0 unspecified atom stereocenters. The molecule has 0 saturated carbocycles. The van der Waals surface area contributed by atoms with Crippen LogP contribution in [0, 0.1) is 6.92 Å². The highest BCUT2D eigenvalue weighted by Crippen LogP contribution is 2.13. The van der Waals surface area contributed by atoms with E-state index >= 15 is 0 Å². The predicted molar refractivity (Wildman–Crippen MR) is 77.4 cm³/mol. The van der Waals surface area contributed by atoms with Crippen molar-refractivity contribution in [2.24, 2.45) is 7.05 Å². The Hall–Kier alpha value is -1.73. The third-order valence-corrected chi connectivity index (χ3v) is 3.91. The number of aromatic nitrogens is 4. The molecule has 1 N–H and O–H groups in total. The molecule has 21 heavy (non-hydrogen) atoms. The lowest BCUT2D eigenvalue weighted by Crippen LogP contribution is -2.45. The van der Waals surface area contributed by atoms with Crippen molar-refractivity contribution in [1.82, 2.24) is 29.9 Å². The quantitative estimate of drug-likeness (QED) is 0.881. The zero-order valence-corrected chi connectivity index (χ0v) is 12.6. The van der Waals surface area contributed by atoms with Crippen LogP contribution in [0.5, 0.6) is 0 Å². The molecule has 0 aliphatic carbocycles. The molecule has 1 fully saturated rings. The van der Waals surface area contributed by atoms with E-state index in [9.17, 15) is 0 Å². The number of nitrogens with zero attached hydrogens (tertiary/aromatic N) is 5. The first-order valence-electron chi connectivity index (χ1n) is 7.42. The Labute approximate surface area is 124 Å². The van der Waals surface area contributed by atoms with Crippen LogP contribution in [0.3, 0.4) is 0 Å². The minimum atomic E-state index is 0.489. The maximum atomic E-state index is 5.03. The Morgan fingerprint density at radius 1 is 1.48 bits per heavy atom. The molecule has 114 valence electrons. The number of piperidine rings is 1. The molecule has 1 aliphatic heterocycles. The minimum absolute atomic E-state index is 0.489. The maximum Gasteiger partial charge on any atom is 0.223 e. The summed E-state index contributed by atoms with van der Waals surface area (Å²) in [6.45, 7) is 5.50. The predicted octanol–water partition coefficient (Wildman–Crippen LogP) is 0.866. The Kier molecular flexibility index (Phi) is 4.31. The summed E-state index contributed by atoms with van der Waals surface area (Å²) in [4.78, 5) is 11.0. The van der Waals surface area contributed by atoms with Gasteiger partial charge in [-0.2, -0.15) is 4.98 Å². The number of nitrogens with one attached hydrogen (secondary N) is 1. The highest BCUT2D eigenvalue weighted by Gasteiger charge is 2.21. The highest BCUT2D eigenvalue weighted by atomic mass is 16.5. The molecule has 2 aromatic rings. The zero-order chi connectivity index (χ0) is 14.7. The van der Waals surface area contributed by atoms with Gasteiger partial charge >= 0.3 is 0 Å². The van der Waals surface area contributed by atoms with E-state index in [2.05, 4.69) is 29.9 Å². The molecular weight excluding hydrogens is 268 g/mol. The third kappa shape index (κ3) is 3.68. The molecule has 7 heteroatoms. The van der Waals surface area contributed by atoms with Crippen molar-refractivity contribution in [3.05, 3.63) is 29.9 Å². The smallest absolute Gasteiger partial charge is 0.223 e. The third-order valence-electron chi connectivity index (χ3n) is 3.91. The Morgan fingerprint density at radius 2 is 2.38 bits per heavy atom. The van der Waals surface area contributed by atoms with Gasteiger partial charge < -0.3 is 14.4 Å². The molecule has 0 radical (unpaired) electrons. The van der Waals surface area contributed by atoms with E-state index in [1.54, 1.807) is 0 Å². The van der Waals surface area contributed by atoms with Crippen LogP contribution in [-0.2, 0) is 20.1 Å². The molecule has 1 aliphatic rings. The summed E-state index contributed by atoms with van der Waals surface area (Å²) in [6.07, 6.45) is 6.20. The number of rotatable bonds is 5. The first-order chi connectivity index (χ1) is 10.2. The van der Waals surface area contributed by atoms with E-state index < -0.39 is 0 Å². The van der Waals surface area contributed by atoms with E-state index in [0.717, 1.165) is 37.8 Å². The van der Waals surface area contributed by atoms with Gasteiger partial charge in [0.2, 0.25) is 5.89 Å². The number of aryl methyl sites for hydroxylation is 2. The average Bonchev–Trinajstić information content (AvgIpc) is 3.06. The summed E-state index contributed by atoms with van der Waals surface area (Å²) in [5.74, 6) is 2.48. The van der Waals surface area contributed by atoms with Gasteiger partial charge in [-0.1, -0.05) is 5.16 Å². The first kappa shape index (κ1) is 14.2. The fourth-order valence-electron chi connectivity index (χ4n) is 2.77. The number of imidazole rings is 1. The largest absolute Gasteiger partial charge is 0.340 e. The summed E-state index contributed by atoms with van der Waals surface area (Å²) in [7, 11) is 2.02. The van der Waals surface area contributed by atoms with E-state index in [0.29, 0.717) is 11.9 Å². The lowest BCUT2D eigenvalue weighted by atomic mass is 10.1. The highest BCUT2D eigenvalue weighted by molar-refractivity contribution is 4.92. The lowest BCUT2D eigenvalue weighted by molar-refractivity contribution is 0.176. The van der Waals surface area contributed by atoms with Gasteiger partial charge in [0, 0.05) is 39.0 Å². The summed E-state index contributed by atoms with van der Waals surface area (Å²) < 4.78 is 7.08. The maximum absolute atomic E-state index is 5.03. The first-order valence-corrected chi connectivity index (χ1v) is 7.42. The fourth-order valence-corrected chi connectivity index (χ4v) is 2.77. The Morgan fingerprint density at radius 3 is 3.10 bits per heavy atom. The van der Waals surface area contributed by atoms with Crippen LogP contribution in [0.25, 0.3) is 0 Å². The standard InChI is InChI=1S/C14H22N6O/c1-11-17-13(18-21-11)10-20-6-3-4-12(9-20)16-8-14-15-5-7-19(14)2/h5,7,12,16H,3-4,6,8-10H2,1-2H3/t12-/m0/s1. The van der Waals surface area contributed by atoms with E-state index in [1.165, 1.54) is 12.8 Å². The molecule has 2 aromatic heterocycles. The van der Waals surface area contributed by atoms with Gasteiger partial charge in [-0.05, 0) is 19.4 Å². The second-order valence-electron chi connectivity index (χ2n) is 5.64. The molecule has 0 bridgehead atoms. The molecular formula is C14H22N6O. The second kappa shape index (κ2) is 6.36. The van der Waals surface area contributed by atoms with Crippen LogP contribution in [0.15, 0.2) is 16.9 Å². The molecule has 0 spiro atoms. The van der Waals surface area contributed by atoms with Gasteiger partial charge in [0.05, 0.1) is 13.1 Å². The molecule has 0 aromatic carbocycles. The van der Waals surface area contributed by atoms with Crippen molar-refractivity contribution in [2.75, 3.05) is 13.1 Å². The van der Waals surface area contributed by atoms with E-state index in [1.807, 2.05) is 26.4 Å². The monoisotopic (exact) mass is 290 g/mol. The van der Waals surface area contributed by atoms with Crippen LogP contribution in [-0.4, -0.2) is 43.7 Å². The molecule has 3 rings (SSSR count). The van der Waals surface area contributed by atoms with Crippen LogP contribution < -0.4 is 5.32 Å². The van der Waals surface area contributed by atoms with Crippen molar-refractivity contribution < 1.29 is 4.52 Å². The number of hydrogen-bond acceptors (Lipinski definition) is 6. The minimum Gasteiger partial charge on any atom is -0.340 e. The second-order valence-corrected chi connectivity index (χ2v) is 5.64. The summed E-state index contributed by atoms with van der Waals surface area (Å²) in [5.41, 5.74) is 0. The fraction of sp³-hybridized carbons (Fsp3) is 0.643. The molecule has 3 heterocycles. The number of likely N-dealkylation sites (tertiary alicyclic amines) is 1. The Bertz CT molecular complexity index is 578. The topological polar surface area (TPSA) is 72.0 Å². The van der Waals surface area contributed by atoms with Crippen LogP contribution in [0.1, 0.15) is 30.4 Å². The molecule has 0 amide bonds. The number of hydrogen-bond donors (Lipinski definition) is 1. The van der Waals surface area contributed by atoms with Gasteiger partial charge in [0.15, 0.2) is 5.82 Å². The van der Waals surface area contributed by atoms with Crippen LogP contribution >= 0.6 is 0 Å². The Balaban J connectivity index is 1.50. The molecule has 7 nitrogen and oxygen atoms in total. The summed E-state index contributed by atoms with van der Waals surface area (Å²) in [5, 5.41) is 7.57. The van der Waals surface area contributed by atoms with E-state index in [4.69, 9.17) is 4.52 Å².